The number of hydrogen-bond acceptors (Lipinski definition) is 6. The van der Waals surface area contributed by atoms with Crippen molar-refractivity contribution in [1.82, 2.24) is 15.0 Å². The number of carbonyl (C=O) groups is 1. The summed E-state index contributed by atoms with van der Waals surface area (Å²) in [7, 11) is 0. The minimum Gasteiger partial charge on any atom is -0.487 e. The molecule has 1 aromatic heterocycles. The van der Waals surface area contributed by atoms with Crippen LogP contribution in [0.2, 0.25) is 0 Å². The molecule has 0 radical (unpaired) electrons. The van der Waals surface area contributed by atoms with E-state index in [2.05, 4.69) is 23.3 Å². The molecule has 2 aliphatic heterocycles. The Bertz CT molecular complexity index is 1260. The quantitative estimate of drug-likeness (QED) is 0.377. The van der Waals surface area contributed by atoms with Gasteiger partial charge < -0.3 is 14.2 Å². The highest BCUT2D eigenvalue weighted by Crippen LogP contribution is 2.39. The Labute approximate surface area is 205 Å². The van der Waals surface area contributed by atoms with Gasteiger partial charge in [0.05, 0.1) is 18.2 Å². The fourth-order valence-corrected chi connectivity index (χ4v) is 4.37. The zero-order chi connectivity index (χ0) is 24.4. The van der Waals surface area contributed by atoms with E-state index >= 15 is 0 Å². The molecule has 2 aromatic carbocycles. The second-order valence-corrected chi connectivity index (χ2v) is 9.70. The van der Waals surface area contributed by atoms with E-state index in [0.717, 1.165) is 35.5 Å². The number of hydrogen-bond donors (Lipinski definition) is 0. The lowest BCUT2D eigenvalue weighted by Crippen LogP contribution is -2.27. The molecule has 7 nitrogen and oxygen atoms in total. The number of benzene rings is 2. The number of fused-ring (bicyclic) bond motifs is 2. The minimum atomic E-state index is -0.359. The Morgan fingerprint density at radius 3 is 2.89 bits per heavy atom. The molecule has 1 unspecified atom stereocenters. The SMILES string of the molecule is CCCCCn1cc(COc2ccc3c(c2)OC(c2ccc4c(c2)C=CC(C)(C)O4)CC3=O)nn1. The van der Waals surface area contributed by atoms with E-state index in [-0.39, 0.29) is 17.5 Å². The summed E-state index contributed by atoms with van der Waals surface area (Å²) in [6.45, 7) is 7.39. The minimum absolute atomic E-state index is 0.0588. The van der Waals surface area contributed by atoms with Crippen LogP contribution < -0.4 is 14.2 Å². The van der Waals surface area contributed by atoms with Crippen molar-refractivity contribution in [2.45, 2.75) is 71.3 Å². The van der Waals surface area contributed by atoms with Crippen molar-refractivity contribution in [3.05, 3.63) is 71.1 Å². The molecule has 5 rings (SSSR count). The molecule has 0 saturated carbocycles. The lowest BCUT2D eigenvalue weighted by molar-refractivity contribution is 0.0849. The van der Waals surface area contributed by atoms with Gasteiger partial charge >= 0.3 is 0 Å². The van der Waals surface area contributed by atoms with E-state index in [4.69, 9.17) is 14.2 Å². The topological polar surface area (TPSA) is 75.5 Å². The number of rotatable bonds is 8. The van der Waals surface area contributed by atoms with Crippen LogP contribution in [0.1, 0.15) is 79.7 Å². The largest absolute Gasteiger partial charge is 0.487 e. The number of aryl methyl sites for hydroxylation is 1. The molecular weight excluding hydrogens is 442 g/mol. The van der Waals surface area contributed by atoms with E-state index < -0.39 is 0 Å². The standard InChI is InChI=1S/C28H31N3O4/c1-4-5-6-13-31-17-21(29-30-31)18-33-22-8-9-23-24(32)16-26(34-27(23)15-22)19-7-10-25-20(14-19)11-12-28(2,3)35-25/h7-12,14-15,17,26H,4-6,13,16,18H2,1-3H3. The molecule has 0 fully saturated rings. The molecule has 3 heterocycles. The van der Waals surface area contributed by atoms with Crippen LogP contribution in [0, 0.1) is 0 Å². The molecule has 182 valence electrons. The molecule has 0 aliphatic carbocycles. The fraction of sp³-hybridized carbons (Fsp3) is 0.393. The summed E-state index contributed by atoms with van der Waals surface area (Å²) in [4.78, 5) is 12.9. The highest BCUT2D eigenvalue weighted by molar-refractivity contribution is 6.00. The Kier molecular flexibility index (Phi) is 6.32. The summed E-state index contributed by atoms with van der Waals surface area (Å²) in [5.41, 5.74) is 2.95. The van der Waals surface area contributed by atoms with Gasteiger partial charge in [-0.25, -0.2) is 0 Å². The van der Waals surface area contributed by atoms with Gasteiger partial charge in [0.1, 0.15) is 41.3 Å². The van der Waals surface area contributed by atoms with Crippen LogP contribution in [-0.2, 0) is 13.2 Å². The Balaban J connectivity index is 1.27. The van der Waals surface area contributed by atoms with Crippen molar-refractivity contribution in [1.29, 1.82) is 0 Å². The number of ketones is 1. The van der Waals surface area contributed by atoms with Crippen LogP contribution in [0.3, 0.4) is 0 Å². The van der Waals surface area contributed by atoms with Gasteiger partial charge in [0, 0.05) is 18.2 Å². The first-order chi connectivity index (χ1) is 16.9. The lowest BCUT2D eigenvalue weighted by Gasteiger charge is -2.30. The lowest BCUT2D eigenvalue weighted by atomic mass is 9.94. The average molecular weight is 474 g/mol. The number of Topliss-reactive ketones (excluding diaryl/α,β-unsaturated/α-hetero) is 1. The zero-order valence-corrected chi connectivity index (χ0v) is 20.5. The first kappa shape index (κ1) is 23.1. The van der Waals surface area contributed by atoms with Gasteiger partial charge in [0.15, 0.2) is 5.78 Å². The number of ether oxygens (including phenoxy) is 3. The van der Waals surface area contributed by atoms with Crippen LogP contribution in [0.25, 0.3) is 6.08 Å². The van der Waals surface area contributed by atoms with Gasteiger partial charge in [-0.05, 0) is 56.2 Å². The molecule has 7 heteroatoms. The van der Waals surface area contributed by atoms with Crippen molar-refractivity contribution < 1.29 is 19.0 Å². The molecule has 0 spiro atoms. The molecule has 0 bridgehead atoms. The number of unbranched alkanes of at least 4 members (excludes halogenated alkanes) is 2. The molecule has 2 aliphatic rings. The van der Waals surface area contributed by atoms with E-state index in [1.54, 1.807) is 18.2 Å². The van der Waals surface area contributed by atoms with Gasteiger partial charge in [-0.15, -0.1) is 5.10 Å². The first-order valence-electron chi connectivity index (χ1n) is 12.3. The molecule has 35 heavy (non-hydrogen) atoms. The van der Waals surface area contributed by atoms with Crippen LogP contribution in [0.4, 0.5) is 0 Å². The fourth-order valence-electron chi connectivity index (χ4n) is 4.37. The van der Waals surface area contributed by atoms with E-state index in [0.29, 0.717) is 30.1 Å². The Morgan fingerprint density at radius 2 is 2.03 bits per heavy atom. The molecular formula is C28H31N3O4. The maximum absolute atomic E-state index is 12.9. The predicted molar refractivity (Wildman–Crippen MR) is 133 cm³/mol. The van der Waals surface area contributed by atoms with Gasteiger partial charge in [-0.3, -0.25) is 9.48 Å². The second kappa shape index (κ2) is 9.56. The maximum atomic E-state index is 12.9. The van der Waals surface area contributed by atoms with Gasteiger partial charge in [0.25, 0.3) is 0 Å². The number of nitrogens with zero attached hydrogens (tertiary/aromatic N) is 3. The Hall–Kier alpha value is -3.61. The smallest absolute Gasteiger partial charge is 0.170 e. The maximum Gasteiger partial charge on any atom is 0.170 e. The van der Waals surface area contributed by atoms with E-state index in [1.807, 2.05) is 49.0 Å². The highest BCUT2D eigenvalue weighted by Gasteiger charge is 2.29. The average Bonchev–Trinajstić information content (AvgIpc) is 3.29. The van der Waals surface area contributed by atoms with Crippen molar-refractivity contribution in [2.75, 3.05) is 0 Å². The molecule has 1 atom stereocenters. The molecule has 0 N–H and O–H groups in total. The van der Waals surface area contributed by atoms with Gasteiger partial charge in [-0.1, -0.05) is 37.1 Å². The summed E-state index contributed by atoms with van der Waals surface area (Å²) in [6, 6.07) is 11.3. The first-order valence-corrected chi connectivity index (χ1v) is 12.3. The zero-order valence-electron chi connectivity index (χ0n) is 20.5. The number of carbonyl (C=O) groups excluding carboxylic acids is 1. The van der Waals surface area contributed by atoms with E-state index in [9.17, 15) is 4.79 Å². The molecule has 0 amide bonds. The van der Waals surface area contributed by atoms with E-state index in [1.165, 1.54) is 12.8 Å². The third kappa shape index (κ3) is 5.24. The van der Waals surface area contributed by atoms with Gasteiger partial charge in [0.2, 0.25) is 0 Å². The molecule has 0 saturated heterocycles. The number of aromatic nitrogens is 3. The summed E-state index contributed by atoms with van der Waals surface area (Å²) < 4.78 is 20.1. The summed E-state index contributed by atoms with van der Waals surface area (Å²) >= 11 is 0. The molecule has 3 aromatic rings. The predicted octanol–water partition coefficient (Wildman–Crippen LogP) is 5.94. The monoisotopic (exact) mass is 473 g/mol. The summed E-state index contributed by atoms with van der Waals surface area (Å²) in [6.07, 6.45) is 9.38. The highest BCUT2D eigenvalue weighted by atomic mass is 16.5. The van der Waals surface area contributed by atoms with Crippen LogP contribution >= 0.6 is 0 Å². The summed E-state index contributed by atoms with van der Waals surface area (Å²) in [5.74, 6) is 2.06. The van der Waals surface area contributed by atoms with Gasteiger partial charge in [-0.2, -0.15) is 0 Å². The van der Waals surface area contributed by atoms with Crippen LogP contribution in [0.5, 0.6) is 17.2 Å². The second-order valence-electron chi connectivity index (χ2n) is 9.70. The van der Waals surface area contributed by atoms with Crippen molar-refractivity contribution in [2.24, 2.45) is 0 Å². The van der Waals surface area contributed by atoms with Crippen molar-refractivity contribution >= 4 is 11.9 Å². The van der Waals surface area contributed by atoms with Crippen LogP contribution in [0.15, 0.2) is 48.7 Å². The normalized spacial score (nSPS) is 17.8. The van der Waals surface area contributed by atoms with Crippen LogP contribution in [-0.4, -0.2) is 26.4 Å². The summed E-state index contributed by atoms with van der Waals surface area (Å²) in [5, 5.41) is 8.36. The Morgan fingerprint density at radius 1 is 1.14 bits per heavy atom. The van der Waals surface area contributed by atoms with Crippen molar-refractivity contribution in [3.63, 3.8) is 0 Å². The van der Waals surface area contributed by atoms with Crippen molar-refractivity contribution in [3.8, 4) is 17.2 Å². The third-order valence-corrected chi connectivity index (χ3v) is 6.30. The third-order valence-electron chi connectivity index (χ3n) is 6.30.